The Kier molecular flexibility index (Phi) is 4.29. The number of nitro benzene ring substituents is 1. The van der Waals surface area contributed by atoms with Gasteiger partial charge >= 0.3 is 0 Å². The third-order valence-corrected chi connectivity index (χ3v) is 3.13. The zero-order chi connectivity index (χ0) is 13.8. The quantitative estimate of drug-likeness (QED) is 0.460. The van der Waals surface area contributed by atoms with Gasteiger partial charge in [0.1, 0.15) is 0 Å². The van der Waals surface area contributed by atoms with E-state index in [9.17, 15) is 10.1 Å². The Hall–Kier alpha value is -1.72. The number of benzene rings is 2. The van der Waals surface area contributed by atoms with Crippen LogP contribution in [0, 0.1) is 10.1 Å². The van der Waals surface area contributed by atoms with Gasteiger partial charge in [-0.05, 0) is 36.4 Å². The van der Waals surface area contributed by atoms with Crippen molar-refractivity contribution in [2.24, 2.45) is 4.99 Å². The summed E-state index contributed by atoms with van der Waals surface area (Å²) in [5.41, 5.74) is 1.06. The zero-order valence-electron chi connectivity index (χ0n) is 9.59. The lowest BCUT2D eigenvalue weighted by molar-refractivity contribution is -0.385. The van der Waals surface area contributed by atoms with E-state index in [2.05, 4.69) is 20.9 Å². The van der Waals surface area contributed by atoms with Crippen molar-refractivity contribution in [1.82, 2.24) is 0 Å². The second kappa shape index (κ2) is 5.95. The molecule has 19 heavy (non-hydrogen) atoms. The van der Waals surface area contributed by atoms with Crippen LogP contribution >= 0.6 is 27.5 Å². The summed E-state index contributed by atoms with van der Waals surface area (Å²) in [4.78, 5) is 14.6. The third kappa shape index (κ3) is 3.62. The molecule has 4 nitrogen and oxygen atoms in total. The second-order valence-electron chi connectivity index (χ2n) is 3.69. The van der Waals surface area contributed by atoms with Gasteiger partial charge in [-0.25, -0.2) is 0 Å². The normalized spacial score (nSPS) is 10.8. The van der Waals surface area contributed by atoms with E-state index in [-0.39, 0.29) is 5.69 Å². The van der Waals surface area contributed by atoms with Crippen molar-refractivity contribution < 1.29 is 4.92 Å². The van der Waals surface area contributed by atoms with E-state index in [1.165, 1.54) is 24.4 Å². The Morgan fingerprint density at radius 2 is 1.89 bits per heavy atom. The minimum atomic E-state index is -0.459. The minimum Gasteiger partial charge on any atom is -0.258 e. The molecule has 0 radical (unpaired) electrons. The standard InChI is InChI=1S/C13H8BrClN2O2/c14-10-1-4-12(5-2-10)16-8-9-7-11(15)3-6-13(9)17(18)19/h1-8H. The third-order valence-electron chi connectivity index (χ3n) is 2.37. The topological polar surface area (TPSA) is 55.5 Å². The Labute approximate surface area is 123 Å². The molecule has 0 aliphatic carbocycles. The molecule has 2 aromatic rings. The van der Waals surface area contributed by atoms with Crippen LogP contribution in [0.1, 0.15) is 5.56 Å². The molecule has 0 aliphatic heterocycles. The monoisotopic (exact) mass is 338 g/mol. The predicted molar refractivity (Wildman–Crippen MR) is 79.5 cm³/mol. The van der Waals surface area contributed by atoms with Gasteiger partial charge in [0, 0.05) is 21.8 Å². The largest absolute Gasteiger partial charge is 0.278 e. The fourth-order valence-corrected chi connectivity index (χ4v) is 1.91. The van der Waals surface area contributed by atoms with E-state index >= 15 is 0 Å². The Balaban J connectivity index is 2.34. The fourth-order valence-electron chi connectivity index (χ4n) is 1.47. The highest BCUT2D eigenvalue weighted by atomic mass is 79.9. The first-order valence-corrected chi connectivity index (χ1v) is 6.47. The molecule has 0 saturated heterocycles. The molecule has 0 heterocycles. The summed E-state index contributed by atoms with van der Waals surface area (Å²) >= 11 is 9.16. The molecule has 0 amide bonds. The lowest BCUT2D eigenvalue weighted by Gasteiger charge is -1.98. The maximum atomic E-state index is 10.9. The van der Waals surface area contributed by atoms with Crippen LogP contribution in [0.15, 0.2) is 51.9 Å². The van der Waals surface area contributed by atoms with Crippen LogP contribution in [0.3, 0.4) is 0 Å². The summed E-state index contributed by atoms with van der Waals surface area (Å²) in [6.45, 7) is 0. The number of hydrogen-bond acceptors (Lipinski definition) is 3. The first kappa shape index (κ1) is 13.7. The first-order valence-electron chi connectivity index (χ1n) is 5.30. The van der Waals surface area contributed by atoms with Gasteiger partial charge in [0.25, 0.3) is 5.69 Å². The average molecular weight is 340 g/mol. The molecule has 96 valence electrons. The maximum Gasteiger partial charge on any atom is 0.278 e. The van der Waals surface area contributed by atoms with Crippen LogP contribution in [-0.2, 0) is 0 Å². The molecule has 0 spiro atoms. The lowest BCUT2D eigenvalue weighted by atomic mass is 10.2. The number of aliphatic imine (C=N–C) groups is 1. The minimum absolute atomic E-state index is 0.0229. The van der Waals surface area contributed by atoms with Crippen LogP contribution in [0.4, 0.5) is 11.4 Å². The van der Waals surface area contributed by atoms with Crippen LogP contribution < -0.4 is 0 Å². The molecular weight excluding hydrogens is 332 g/mol. The molecule has 0 atom stereocenters. The second-order valence-corrected chi connectivity index (χ2v) is 5.05. The van der Waals surface area contributed by atoms with Gasteiger partial charge in [0.2, 0.25) is 0 Å². The van der Waals surface area contributed by atoms with Crippen molar-refractivity contribution in [3.8, 4) is 0 Å². The Bertz CT molecular complexity index is 642. The molecule has 0 N–H and O–H groups in total. The van der Waals surface area contributed by atoms with Gasteiger partial charge < -0.3 is 0 Å². The van der Waals surface area contributed by atoms with Crippen molar-refractivity contribution in [2.45, 2.75) is 0 Å². The summed E-state index contributed by atoms with van der Waals surface area (Å²) in [6, 6.07) is 11.7. The molecule has 0 fully saturated rings. The smallest absolute Gasteiger partial charge is 0.258 e. The van der Waals surface area contributed by atoms with Crippen LogP contribution in [-0.4, -0.2) is 11.1 Å². The highest BCUT2D eigenvalue weighted by Gasteiger charge is 2.11. The van der Waals surface area contributed by atoms with Gasteiger partial charge in [-0.3, -0.25) is 15.1 Å². The van der Waals surface area contributed by atoms with Gasteiger partial charge in [-0.1, -0.05) is 27.5 Å². The lowest BCUT2D eigenvalue weighted by Crippen LogP contribution is -1.94. The van der Waals surface area contributed by atoms with E-state index in [4.69, 9.17) is 11.6 Å². The first-order chi connectivity index (χ1) is 9.06. The molecule has 6 heteroatoms. The SMILES string of the molecule is O=[N+]([O-])c1ccc(Cl)cc1C=Nc1ccc(Br)cc1. The van der Waals surface area contributed by atoms with Crippen molar-refractivity contribution in [3.63, 3.8) is 0 Å². The highest BCUT2D eigenvalue weighted by Crippen LogP contribution is 2.22. The maximum absolute atomic E-state index is 10.9. The molecule has 0 saturated carbocycles. The molecule has 0 bridgehead atoms. The number of nitro groups is 1. The zero-order valence-corrected chi connectivity index (χ0v) is 11.9. The Morgan fingerprint density at radius 1 is 1.21 bits per heavy atom. The molecule has 2 aromatic carbocycles. The number of nitrogens with zero attached hydrogens (tertiary/aromatic N) is 2. The average Bonchev–Trinajstić information content (AvgIpc) is 2.38. The van der Waals surface area contributed by atoms with Gasteiger partial charge in [-0.15, -0.1) is 0 Å². The predicted octanol–water partition coefficient (Wildman–Crippen LogP) is 4.76. The van der Waals surface area contributed by atoms with E-state index in [1.807, 2.05) is 12.1 Å². The van der Waals surface area contributed by atoms with Crippen LogP contribution in [0.2, 0.25) is 5.02 Å². The van der Waals surface area contributed by atoms with Crippen molar-refractivity contribution in [1.29, 1.82) is 0 Å². The van der Waals surface area contributed by atoms with Gasteiger partial charge in [0.15, 0.2) is 0 Å². The highest BCUT2D eigenvalue weighted by molar-refractivity contribution is 9.10. The summed E-state index contributed by atoms with van der Waals surface area (Å²) in [5.74, 6) is 0. The van der Waals surface area contributed by atoms with E-state index in [0.717, 1.165) is 4.47 Å². The molecular formula is C13H8BrClN2O2. The van der Waals surface area contributed by atoms with E-state index in [0.29, 0.717) is 16.3 Å². The van der Waals surface area contributed by atoms with E-state index < -0.39 is 4.92 Å². The van der Waals surface area contributed by atoms with Crippen LogP contribution in [0.5, 0.6) is 0 Å². The fraction of sp³-hybridized carbons (Fsp3) is 0. The molecule has 2 rings (SSSR count). The Morgan fingerprint density at radius 3 is 2.53 bits per heavy atom. The van der Waals surface area contributed by atoms with Crippen molar-refractivity contribution in [3.05, 3.63) is 67.6 Å². The van der Waals surface area contributed by atoms with E-state index in [1.54, 1.807) is 12.1 Å². The summed E-state index contributed by atoms with van der Waals surface area (Å²) < 4.78 is 0.945. The summed E-state index contributed by atoms with van der Waals surface area (Å²) in [5, 5.41) is 11.3. The molecule has 0 unspecified atom stereocenters. The number of rotatable bonds is 3. The number of hydrogen-bond donors (Lipinski definition) is 0. The summed E-state index contributed by atoms with van der Waals surface area (Å²) in [7, 11) is 0. The molecule has 0 aliphatic rings. The summed E-state index contributed by atoms with van der Waals surface area (Å²) in [6.07, 6.45) is 1.44. The van der Waals surface area contributed by atoms with Crippen LogP contribution in [0.25, 0.3) is 0 Å². The number of halogens is 2. The van der Waals surface area contributed by atoms with Gasteiger partial charge in [0.05, 0.1) is 16.2 Å². The van der Waals surface area contributed by atoms with Gasteiger partial charge in [-0.2, -0.15) is 0 Å². The van der Waals surface area contributed by atoms with Crippen molar-refractivity contribution >= 4 is 45.1 Å². The molecule has 0 aromatic heterocycles. The van der Waals surface area contributed by atoms with Crippen molar-refractivity contribution in [2.75, 3.05) is 0 Å².